The number of nitrogens with zero attached hydrogens (tertiary/aromatic N) is 2. The summed E-state index contributed by atoms with van der Waals surface area (Å²) in [6, 6.07) is 0. The number of carbonyl (C=O) groups is 1. The van der Waals surface area contributed by atoms with Crippen molar-refractivity contribution in [1.29, 1.82) is 0 Å². The molecule has 0 saturated carbocycles. The molecule has 0 radical (unpaired) electrons. The molecule has 0 aliphatic rings. The zero-order chi connectivity index (χ0) is 9.84. The third kappa shape index (κ3) is 2.41. The number of ketones is 1. The van der Waals surface area contributed by atoms with Gasteiger partial charge in [0.15, 0.2) is 5.78 Å². The van der Waals surface area contributed by atoms with E-state index in [1.165, 1.54) is 0 Å². The van der Waals surface area contributed by atoms with E-state index in [1.807, 2.05) is 24.7 Å². The molecule has 13 heavy (non-hydrogen) atoms. The van der Waals surface area contributed by atoms with Gasteiger partial charge in [-0.3, -0.25) is 9.48 Å². The van der Waals surface area contributed by atoms with E-state index in [2.05, 4.69) is 12.0 Å². The predicted molar refractivity (Wildman–Crippen MR) is 51.7 cm³/mol. The van der Waals surface area contributed by atoms with Crippen LogP contribution < -0.4 is 0 Å². The number of Topliss-reactive ketones (excluding diaryl/α,β-unsaturated/α-hetero) is 1. The molecule has 1 aromatic heterocycles. The maximum Gasteiger partial charge on any atom is 0.168 e. The SMILES string of the molecule is CCCn1cc(C(=O)C(C)C)cn1. The fourth-order valence-corrected chi connectivity index (χ4v) is 1.18. The third-order valence-electron chi connectivity index (χ3n) is 1.89. The summed E-state index contributed by atoms with van der Waals surface area (Å²) in [6.07, 6.45) is 4.51. The fraction of sp³-hybridized carbons (Fsp3) is 0.600. The van der Waals surface area contributed by atoms with Gasteiger partial charge in [0.05, 0.1) is 11.8 Å². The second kappa shape index (κ2) is 4.21. The summed E-state index contributed by atoms with van der Waals surface area (Å²) in [7, 11) is 0. The first-order valence-corrected chi connectivity index (χ1v) is 4.71. The van der Waals surface area contributed by atoms with Crippen LogP contribution in [0.5, 0.6) is 0 Å². The number of hydrogen-bond acceptors (Lipinski definition) is 2. The normalized spacial score (nSPS) is 10.8. The van der Waals surface area contributed by atoms with E-state index in [9.17, 15) is 4.79 Å². The molecular weight excluding hydrogens is 164 g/mol. The second-order valence-electron chi connectivity index (χ2n) is 3.51. The maximum absolute atomic E-state index is 11.5. The zero-order valence-electron chi connectivity index (χ0n) is 8.45. The van der Waals surface area contributed by atoms with Gasteiger partial charge in [-0.1, -0.05) is 20.8 Å². The molecule has 0 amide bonds. The highest BCUT2D eigenvalue weighted by atomic mass is 16.1. The molecule has 1 rings (SSSR count). The summed E-state index contributed by atoms with van der Waals surface area (Å²) in [4.78, 5) is 11.5. The number of hydrogen-bond donors (Lipinski definition) is 0. The smallest absolute Gasteiger partial charge is 0.168 e. The van der Waals surface area contributed by atoms with Crippen molar-refractivity contribution >= 4 is 5.78 Å². The van der Waals surface area contributed by atoms with E-state index in [-0.39, 0.29) is 11.7 Å². The second-order valence-corrected chi connectivity index (χ2v) is 3.51. The van der Waals surface area contributed by atoms with E-state index in [0.29, 0.717) is 0 Å². The van der Waals surface area contributed by atoms with E-state index in [4.69, 9.17) is 0 Å². The highest BCUT2D eigenvalue weighted by molar-refractivity contribution is 5.96. The monoisotopic (exact) mass is 180 g/mol. The van der Waals surface area contributed by atoms with Crippen molar-refractivity contribution in [2.24, 2.45) is 5.92 Å². The van der Waals surface area contributed by atoms with Crippen molar-refractivity contribution in [3.05, 3.63) is 18.0 Å². The topological polar surface area (TPSA) is 34.9 Å². The lowest BCUT2D eigenvalue weighted by atomic mass is 10.1. The molecule has 0 atom stereocenters. The Balaban J connectivity index is 2.73. The van der Waals surface area contributed by atoms with Gasteiger partial charge >= 0.3 is 0 Å². The third-order valence-corrected chi connectivity index (χ3v) is 1.89. The first-order chi connectivity index (χ1) is 6.15. The minimum atomic E-state index is 0.0549. The molecule has 1 aromatic rings. The first kappa shape index (κ1) is 9.96. The van der Waals surface area contributed by atoms with Crippen LogP contribution in [0.2, 0.25) is 0 Å². The molecule has 0 aliphatic carbocycles. The number of rotatable bonds is 4. The van der Waals surface area contributed by atoms with Crippen LogP contribution in [-0.2, 0) is 6.54 Å². The van der Waals surface area contributed by atoms with Gasteiger partial charge in [0.25, 0.3) is 0 Å². The van der Waals surface area contributed by atoms with Crippen molar-refractivity contribution in [2.75, 3.05) is 0 Å². The Hall–Kier alpha value is -1.12. The average Bonchev–Trinajstić information content (AvgIpc) is 2.52. The van der Waals surface area contributed by atoms with Crippen molar-refractivity contribution in [3.8, 4) is 0 Å². The Bertz CT molecular complexity index is 289. The molecule has 1 heterocycles. The molecule has 0 spiro atoms. The molecule has 3 nitrogen and oxygen atoms in total. The van der Waals surface area contributed by atoms with Crippen LogP contribution in [0.4, 0.5) is 0 Å². The molecule has 72 valence electrons. The first-order valence-electron chi connectivity index (χ1n) is 4.71. The van der Waals surface area contributed by atoms with Crippen LogP contribution in [0.3, 0.4) is 0 Å². The highest BCUT2D eigenvalue weighted by Gasteiger charge is 2.11. The zero-order valence-corrected chi connectivity index (χ0v) is 8.45. The van der Waals surface area contributed by atoms with Gasteiger partial charge in [0.1, 0.15) is 0 Å². The van der Waals surface area contributed by atoms with E-state index in [0.717, 1.165) is 18.5 Å². The Kier molecular flexibility index (Phi) is 3.23. The minimum Gasteiger partial charge on any atom is -0.294 e. The minimum absolute atomic E-state index is 0.0549. The van der Waals surface area contributed by atoms with Crippen LogP contribution in [0.1, 0.15) is 37.6 Å². The number of aryl methyl sites for hydroxylation is 1. The van der Waals surface area contributed by atoms with Crippen LogP contribution in [0.25, 0.3) is 0 Å². The van der Waals surface area contributed by atoms with Crippen molar-refractivity contribution < 1.29 is 4.79 Å². The predicted octanol–water partition coefficient (Wildman–Crippen LogP) is 2.13. The van der Waals surface area contributed by atoms with Gasteiger partial charge in [-0.25, -0.2) is 0 Å². The Morgan fingerprint density at radius 2 is 2.31 bits per heavy atom. The molecule has 0 aromatic carbocycles. The van der Waals surface area contributed by atoms with Gasteiger partial charge in [-0.2, -0.15) is 5.10 Å². The molecule has 0 bridgehead atoms. The van der Waals surface area contributed by atoms with Gasteiger partial charge in [0.2, 0.25) is 0 Å². The molecular formula is C10H16N2O. The largest absolute Gasteiger partial charge is 0.294 e. The summed E-state index contributed by atoms with van der Waals surface area (Å²) in [5, 5.41) is 4.11. The molecule has 0 fully saturated rings. The summed E-state index contributed by atoms with van der Waals surface area (Å²) < 4.78 is 1.82. The summed E-state index contributed by atoms with van der Waals surface area (Å²) >= 11 is 0. The summed E-state index contributed by atoms with van der Waals surface area (Å²) in [6.45, 7) is 6.77. The van der Waals surface area contributed by atoms with Crippen molar-refractivity contribution in [2.45, 2.75) is 33.7 Å². The lowest BCUT2D eigenvalue weighted by Crippen LogP contribution is -2.06. The Morgan fingerprint density at radius 1 is 1.62 bits per heavy atom. The van der Waals surface area contributed by atoms with Crippen LogP contribution in [-0.4, -0.2) is 15.6 Å². The quantitative estimate of drug-likeness (QED) is 0.665. The summed E-state index contributed by atoms with van der Waals surface area (Å²) in [5.74, 6) is 0.224. The number of carbonyl (C=O) groups excluding carboxylic acids is 1. The van der Waals surface area contributed by atoms with E-state index in [1.54, 1.807) is 6.20 Å². The Morgan fingerprint density at radius 3 is 2.85 bits per heavy atom. The van der Waals surface area contributed by atoms with Crippen LogP contribution in [0, 0.1) is 5.92 Å². The lowest BCUT2D eigenvalue weighted by molar-refractivity contribution is 0.0939. The van der Waals surface area contributed by atoms with E-state index >= 15 is 0 Å². The van der Waals surface area contributed by atoms with Crippen LogP contribution in [0.15, 0.2) is 12.4 Å². The molecule has 0 aliphatic heterocycles. The van der Waals surface area contributed by atoms with Gasteiger partial charge in [-0.05, 0) is 6.42 Å². The molecule has 3 heteroatoms. The fourth-order valence-electron chi connectivity index (χ4n) is 1.18. The number of aromatic nitrogens is 2. The Labute approximate surface area is 78.8 Å². The molecule has 0 N–H and O–H groups in total. The summed E-state index contributed by atoms with van der Waals surface area (Å²) in [5.41, 5.74) is 0.725. The standard InChI is InChI=1S/C10H16N2O/c1-4-5-12-7-9(6-11-12)10(13)8(2)3/h6-8H,4-5H2,1-3H3. The van der Waals surface area contributed by atoms with Crippen molar-refractivity contribution in [3.63, 3.8) is 0 Å². The highest BCUT2D eigenvalue weighted by Crippen LogP contribution is 2.07. The van der Waals surface area contributed by atoms with E-state index < -0.39 is 0 Å². The molecule has 0 unspecified atom stereocenters. The van der Waals surface area contributed by atoms with Gasteiger partial charge in [-0.15, -0.1) is 0 Å². The van der Waals surface area contributed by atoms with Crippen LogP contribution >= 0.6 is 0 Å². The van der Waals surface area contributed by atoms with Gasteiger partial charge in [0, 0.05) is 18.7 Å². The maximum atomic E-state index is 11.5. The lowest BCUT2D eigenvalue weighted by Gasteiger charge is -1.99. The van der Waals surface area contributed by atoms with Crippen molar-refractivity contribution in [1.82, 2.24) is 9.78 Å². The van der Waals surface area contributed by atoms with Gasteiger partial charge < -0.3 is 0 Å². The molecule has 0 saturated heterocycles. The average molecular weight is 180 g/mol.